The Labute approximate surface area is 190 Å². The lowest BCUT2D eigenvalue weighted by Gasteiger charge is -2.37. The van der Waals surface area contributed by atoms with Crippen LogP contribution in [0.1, 0.15) is 30.9 Å². The highest BCUT2D eigenvalue weighted by atomic mass is 16.5. The number of benzene rings is 2. The van der Waals surface area contributed by atoms with Gasteiger partial charge in [-0.1, -0.05) is 43.7 Å². The molecule has 2 heterocycles. The van der Waals surface area contributed by atoms with Crippen molar-refractivity contribution in [2.75, 3.05) is 44.7 Å². The minimum absolute atomic E-state index is 0.187. The van der Waals surface area contributed by atoms with E-state index in [4.69, 9.17) is 4.74 Å². The van der Waals surface area contributed by atoms with Crippen LogP contribution in [-0.2, 0) is 9.59 Å². The monoisotopic (exact) mass is 433 g/mol. The van der Waals surface area contributed by atoms with Crippen molar-refractivity contribution in [2.24, 2.45) is 0 Å². The van der Waals surface area contributed by atoms with E-state index in [9.17, 15) is 9.59 Å². The average Bonchev–Trinajstić information content (AvgIpc) is 3.07. The molecule has 2 aromatic carbocycles. The van der Waals surface area contributed by atoms with E-state index in [0.717, 1.165) is 25.9 Å². The van der Waals surface area contributed by atoms with Gasteiger partial charge in [-0.25, -0.2) is 0 Å². The molecule has 6 nitrogen and oxygen atoms in total. The predicted octanol–water partition coefficient (Wildman–Crippen LogP) is 3.71. The van der Waals surface area contributed by atoms with E-state index in [1.165, 1.54) is 16.2 Å². The van der Waals surface area contributed by atoms with Crippen LogP contribution in [0.15, 0.2) is 54.2 Å². The second kappa shape index (κ2) is 9.47. The quantitative estimate of drug-likeness (QED) is 0.623. The second-order valence-electron chi connectivity index (χ2n) is 8.35. The second-order valence-corrected chi connectivity index (χ2v) is 8.35. The molecule has 2 aliphatic rings. The summed E-state index contributed by atoms with van der Waals surface area (Å²) in [4.78, 5) is 32.7. The number of imide groups is 1. The molecule has 0 unspecified atom stereocenters. The number of ether oxygens (including phenoxy) is 1. The highest BCUT2D eigenvalue weighted by molar-refractivity contribution is 6.36. The Kier molecular flexibility index (Phi) is 6.49. The van der Waals surface area contributed by atoms with Gasteiger partial charge in [-0.15, -0.1) is 0 Å². The number of carbonyl (C=O) groups is 2. The van der Waals surface area contributed by atoms with Gasteiger partial charge in [0.05, 0.1) is 12.7 Å². The summed E-state index contributed by atoms with van der Waals surface area (Å²) in [6, 6.07) is 15.9. The van der Waals surface area contributed by atoms with Gasteiger partial charge in [-0.05, 0) is 37.1 Å². The van der Waals surface area contributed by atoms with Crippen molar-refractivity contribution in [1.82, 2.24) is 9.80 Å². The summed E-state index contributed by atoms with van der Waals surface area (Å²) in [6.45, 7) is 7.55. The lowest BCUT2D eigenvalue weighted by atomic mass is 10.0. The van der Waals surface area contributed by atoms with Crippen LogP contribution in [0.25, 0.3) is 5.57 Å². The average molecular weight is 434 g/mol. The molecule has 0 aromatic heterocycles. The van der Waals surface area contributed by atoms with Crippen LogP contribution >= 0.6 is 0 Å². The van der Waals surface area contributed by atoms with Gasteiger partial charge in [0.15, 0.2) is 0 Å². The molecule has 1 fully saturated rings. The molecular formula is C26H31N3O3. The molecule has 6 heteroatoms. The summed E-state index contributed by atoms with van der Waals surface area (Å²) in [5.41, 5.74) is 4.09. The van der Waals surface area contributed by atoms with Crippen molar-refractivity contribution in [3.05, 3.63) is 65.4 Å². The molecule has 2 aromatic rings. The largest absolute Gasteiger partial charge is 0.496 e. The Morgan fingerprint density at radius 1 is 0.906 bits per heavy atom. The SMILES string of the molecule is CCCCN1C(=O)C(c2ccccc2OC)=C(N2CCN(c3cccc(C)c3)CC2)C1=O. The van der Waals surface area contributed by atoms with Crippen LogP contribution in [0.4, 0.5) is 5.69 Å². The van der Waals surface area contributed by atoms with Gasteiger partial charge in [0.1, 0.15) is 11.4 Å². The third-order valence-corrected chi connectivity index (χ3v) is 6.22. The normalized spacial score (nSPS) is 16.9. The number of amides is 2. The maximum absolute atomic E-state index is 13.5. The lowest BCUT2D eigenvalue weighted by molar-refractivity contribution is -0.137. The predicted molar refractivity (Wildman–Crippen MR) is 127 cm³/mol. The number of para-hydroxylation sites is 1. The van der Waals surface area contributed by atoms with E-state index in [0.29, 0.717) is 42.2 Å². The standard InChI is InChI=1S/C26H31N3O3/c1-4-5-13-29-25(30)23(21-11-6-7-12-22(21)32-3)24(26(29)31)28-16-14-27(15-17-28)20-10-8-9-19(2)18-20/h6-12,18H,4-5,13-17H2,1-3H3. The zero-order valence-electron chi connectivity index (χ0n) is 19.1. The van der Waals surface area contributed by atoms with Gasteiger partial charge in [-0.3, -0.25) is 14.5 Å². The number of hydrogen-bond donors (Lipinski definition) is 0. The zero-order valence-corrected chi connectivity index (χ0v) is 19.1. The van der Waals surface area contributed by atoms with E-state index in [1.54, 1.807) is 7.11 Å². The van der Waals surface area contributed by atoms with Gasteiger partial charge in [0.2, 0.25) is 0 Å². The maximum atomic E-state index is 13.5. The van der Waals surface area contributed by atoms with Crippen molar-refractivity contribution in [2.45, 2.75) is 26.7 Å². The number of unbranched alkanes of at least 4 members (excludes halogenated alkanes) is 1. The van der Waals surface area contributed by atoms with Gasteiger partial charge >= 0.3 is 0 Å². The Morgan fingerprint density at radius 3 is 2.31 bits per heavy atom. The summed E-state index contributed by atoms with van der Waals surface area (Å²) in [5.74, 6) is 0.203. The smallest absolute Gasteiger partial charge is 0.277 e. The first-order valence-electron chi connectivity index (χ1n) is 11.4. The summed E-state index contributed by atoms with van der Waals surface area (Å²) in [6.07, 6.45) is 1.72. The van der Waals surface area contributed by atoms with Crippen LogP contribution in [0, 0.1) is 6.92 Å². The molecule has 0 atom stereocenters. The van der Waals surface area contributed by atoms with E-state index < -0.39 is 0 Å². The highest BCUT2D eigenvalue weighted by Gasteiger charge is 2.42. The number of carbonyl (C=O) groups excluding carboxylic acids is 2. The minimum Gasteiger partial charge on any atom is -0.496 e. The molecule has 0 bridgehead atoms. The van der Waals surface area contributed by atoms with Crippen LogP contribution in [0.5, 0.6) is 5.75 Å². The molecule has 2 aliphatic heterocycles. The Bertz CT molecular complexity index is 1040. The maximum Gasteiger partial charge on any atom is 0.277 e. The summed E-state index contributed by atoms with van der Waals surface area (Å²) in [5, 5.41) is 0. The fourth-order valence-corrected chi connectivity index (χ4v) is 4.48. The van der Waals surface area contributed by atoms with E-state index in [2.05, 4.69) is 47.9 Å². The number of nitrogens with zero attached hydrogens (tertiary/aromatic N) is 3. The number of anilines is 1. The Morgan fingerprint density at radius 2 is 1.62 bits per heavy atom. The van der Waals surface area contributed by atoms with Crippen molar-refractivity contribution in [1.29, 1.82) is 0 Å². The first kappa shape index (κ1) is 21.9. The third-order valence-electron chi connectivity index (χ3n) is 6.22. The molecule has 0 radical (unpaired) electrons. The van der Waals surface area contributed by atoms with Gasteiger partial charge in [0.25, 0.3) is 11.8 Å². The molecule has 168 valence electrons. The molecular weight excluding hydrogens is 402 g/mol. The topological polar surface area (TPSA) is 53.1 Å². The summed E-state index contributed by atoms with van der Waals surface area (Å²) < 4.78 is 5.54. The lowest BCUT2D eigenvalue weighted by Crippen LogP contribution is -2.47. The number of aryl methyl sites for hydroxylation is 1. The highest BCUT2D eigenvalue weighted by Crippen LogP contribution is 2.36. The molecule has 0 saturated carbocycles. The minimum atomic E-state index is -0.218. The van der Waals surface area contributed by atoms with Crippen molar-refractivity contribution in [3.63, 3.8) is 0 Å². The number of hydrogen-bond acceptors (Lipinski definition) is 5. The fraction of sp³-hybridized carbons (Fsp3) is 0.385. The fourth-order valence-electron chi connectivity index (χ4n) is 4.48. The molecule has 4 rings (SSSR count). The molecule has 1 saturated heterocycles. The van der Waals surface area contributed by atoms with E-state index in [1.807, 2.05) is 24.3 Å². The Hall–Kier alpha value is -3.28. The molecule has 32 heavy (non-hydrogen) atoms. The molecule has 0 spiro atoms. The number of piperazine rings is 1. The first-order valence-corrected chi connectivity index (χ1v) is 11.4. The van der Waals surface area contributed by atoms with E-state index in [-0.39, 0.29) is 11.8 Å². The summed E-state index contributed by atoms with van der Waals surface area (Å²) in [7, 11) is 1.59. The van der Waals surface area contributed by atoms with Gasteiger partial charge in [0, 0.05) is 44.0 Å². The first-order chi connectivity index (χ1) is 15.5. The van der Waals surface area contributed by atoms with Crippen molar-refractivity contribution < 1.29 is 14.3 Å². The van der Waals surface area contributed by atoms with E-state index >= 15 is 0 Å². The van der Waals surface area contributed by atoms with Crippen molar-refractivity contribution >= 4 is 23.1 Å². The van der Waals surface area contributed by atoms with Crippen LogP contribution in [-0.4, -0.2) is 61.4 Å². The van der Waals surface area contributed by atoms with Crippen LogP contribution in [0.2, 0.25) is 0 Å². The molecule has 0 N–H and O–H groups in total. The van der Waals surface area contributed by atoms with Gasteiger partial charge in [-0.2, -0.15) is 0 Å². The number of rotatable bonds is 7. The Balaban J connectivity index is 1.66. The van der Waals surface area contributed by atoms with Crippen LogP contribution in [0.3, 0.4) is 0 Å². The van der Waals surface area contributed by atoms with Crippen molar-refractivity contribution in [3.8, 4) is 5.75 Å². The zero-order chi connectivity index (χ0) is 22.7. The summed E-state index contributed by atoms with van der Waals surface area (Å²) >= 11 is 0. The molecule has 2 amide bonds. The third kappa shape index (κ3) is 4.09. The van der Waals surface area contributed by atoms with Crippen LogP contribution < -0.4 is 9.64 Å². The number of methoxy groups -OCH3 is 1. The van der Waals surface area contributed by atoms with Gasteiger partial charge < -0.3 is 14.5 Å². The molecule has 0 aliphatic carbocycles.